The van der Waals surface area contributed by atoms with Crippen molar-refractivity contribution < 1.29 is 14.1 Å². The number of hydrogen-bond donors (Lipinski definition) is 1. The highest BCUT2D eigenvalue weighted by atomic mass is 35.5. The van der Waals surface area contributed by atoms with E-state index in [0.29, 0.717) is 29.7 Å². The number of amides is 2. The standard InChI is InChI=1S/C22H21ClN4O3/c1-2-20-25-22(26-30-20)16-5-8-18-15(12-16)9-10-27(18)21(29)13-24-19(28)11-14-3-6-17(23)7-4-14/h3-8,12H,2,9-11,13H2,1H3,(H,24,28). The average Bonchev–Trinajstić information content (AvgIpc) is 3.40. The fourth-order valence-corrected chi connectivity index (χ4v) is 3.56. The molecule has 7 nitrogen and oxygen atoms in total. The van der Waals surface area contributed by atoms with Crippen molar-refractivity contribution in [3.63, 3.8) is 0 Å². The fourth-order valence-electron chi connectivity index (χ4n) is 3.44. The smallest absolute Gasteiger partial charge is 0.246 e. The summed E-state index contributed by atoms with van der Waals surface area (Å²) in [6.45, 7) is 2.49. The number of rotatable bonds is 6. The van der Waals surface area contributed by atoms with Crippen molar-refractivity contribution in [2.75, 3.05) is 18.0 Å². The van der Waals surface area contributed by atoms with Crippen LogP contribution in [-0.4, -0.2) is 35.0 Å². The van der Waals surface area contributed by atoms with Gasteiger partial charge in [-0.05, 0) is 47.9 Å². The summed E-state index contributed by atoms with van der Waals surface area (Å²) >= 11 is 5.85. The zero-order valence-electron chi connectivity index (χ0n) is 16.5. The lowest BCUT2D eigenvalue weighted by Gasteiger charge is -2.18. The maximum atomic E-state index is 12.7. The molecule has 1 aliphatic rings. The number of halogens is 1. The quantitative estimate of drug-likeness (QED) is 0.656. The Labute approximate surface area is 179 Å². The molecule has 0 spiro atoms. The van der Waals surface area contributed by atoms with E-state index in [1.54, 1.807) is 29.2 Å². The van der Waals surface area contributed by atoms with Crippen molar-refractivity contribution in [2.24, 2.45) is 0 Å². The van der Waals surface area contributed by atoms with Crippen LogP contribution in [0.2, 0.25) is 5.02 Å². The van der Waals surface area contributed by atoms with Crippen LogP contribution in [0.5, 0.6) is 0 Å². The number of aryl methyl sites for hydroxylation is 1. The van der Waals surface area contributed by atoms with E-state index in [0.717, 1.165) is 28.8 Å². The van der Waals surface area contributed by atoms with E-state index in [1.807, 2.05) is 25.1 Å². The van der Waals surface area contributed by atoms with Gasteiger partial charge in [-0.3, -0.25) is 9.59 Å². The molecule has 30 heavy (non-hydrogen) atoms. The second kappa shape index (κ2) is 8.67. The number of hydrogen-bond acceptors (Lipinski definition) is 5. The van der Waals surface area contributed by atoms with Gasteiger partial charge in [-0.1, -0.05) is 35.8 Å². The molecule has 0 atom stereocenters. The molecule has 1 aliphatic heterocycles. The third kappa shape index (κ3) is 4.36. The van der Waals surface area contributed by atoms with Crippen LogP contribution in [0.1, 0.15) is 23.9 Å². The van der Waals surface area contributed by atoms with Crippen LogP contribution < -0.4 is 10.2 Å². The molecule has 2 amide bonds. The van der Waals surface area contributed by atoms with Crippen molar-refractivity contribution in [2.45, 2.75) is 26.2 Å². The molecule has 0 bridgehead atoms. The van der Waals surface area contributed by atoms with Gasteiger partial charge < -0.3 is 14.7 Å². The van der Waals surface area contributed by atoms with Crippen molar-refractivity contribution in [3.05, 3.63) is 64.5 Å². The van der Waals surface area contributed by atoms with Gasteiger partial charge in [0.2, 0.25) is 23.5 Å². The Balaban J connectivity index is 1.37. The molecular weight excluding hydrogens is 404 g/mol. The Hall–Kier alpha value is -3.19. The van der Waals surface area contributed by atoms with E-state index in [2.05, 4.69) is 15.5 Å². The van der Waals surface area contributed by atoms with Gasteiger partial charge in [-0.15, -0.1) is 0 Å². The first kappa shape index (κ1) is 20.1. The Morgan fingerprint density at radius 2 is 2.00 bits per heavy atom. The van der Waals surface area contributed by atoms with Crippen LogP contribution in [0.3, 0.4) is 0 Å². The topological polar surface area (TPSA) is 88.3 Å². The average molecular weight is 425 g/mol. The molecular formula is C22H21ClN4O3. The van der Waals surface area contributed by atoms with Crippen molar-refractivity contribution in [1.29, 1.82) is 0 Å². The van der Waals surface area contributed by atoms with E-state index in [-0.39, 0.29) is 24.8 Å². The largest absolute Gasteiger partial charge is 0.347 e. The van der Waals surface area contributed by atoms with Gasteiger partial charge in [0, 0.05) is 29.2 Å². The van der Waals surface area contributed by atoms with Crippen LogP contribution in [0.4, 0.5) is 5.69 Å². The number of carbonyl (C=O) groups is 2. The van der Waals surface area contributed by atoms with E-state index in [9.17, 15) is 9.59 Å². The predicted molar refractivity (Wildman–Crippen MR) is 113 cm³/mol. The third-order valence-electron chi connectivity index (χ3n) is 5.02. The van der Waals surface area contributed by atoms with Gasteiger partial charge in [-0.25, -0.2) is 0 Å². The molecule has 8 heteroatoms. The SMILES string of the molecule is CCc1nc(-c2ccc3c(c2)CCN3C(=O)CNC(=O)Cc2ccc(Cl)cc2)no1. The first-order valence-electron chi connectivity index (χ1n) is 9.81. The Bertz CT molecular complexity index is 1080. The predicted octanol–water partition coefficient (Wildman–Crippen LogP) is 3.20. The lowest BCUT2D eigenvalue weighted by Crippen LogP contribution is -2.39. The first-order valence-corrected chi connectivity index (χ1v) is 10.2. The normalized spacial score (nSPS) is 12.7. The van der Waals surface area contributed by atoms with Gasteiger partial charge in [-0.2, -0.15) is 4.98 Å². The second-order valence-corrected chi connectivity index (χ2v) is 7.52. The molecule has 2 aromatic carbocycles. The van der Waals surface area contributed by atoms with E-state index >= 15 is 0 Å². The molecule has 4 rings (SSSR count). The summed E-state index contributed by atoms with van der Waals surface area (Å²) in [5, 5.41) is 7.33. The summed E-state index contributed by atoms with van der Waals surface area (Å²) in [4.78, 5) is 30.9. The maximum absolute atomic E-state index is 12.7. The molecule has 1 aromatic heterocycles. The monoisotopic (exact) mass is 424 g/mol. The van der Waals surface area contributed by atoms with Crippen LogP contribution in [0.15, 0.2) is 47.0 Å². The van der Waals surface area contributed by atoms with Gasteiger partial charge in [0.15, 0.2) is 0 Å². The van der Waals surface area contributed by atoms with Gasteiger partial charge >= 0.3 is 0 Å². The molecule has 0 saturated carbocycles. The highest BCUT2D eigenvalue weighted by Crippen LogP contribution is 2.31. The summed E-state index contributed by atoms with van der Waals surface area (Å²) < 4.78 is 5.18. The summed E-state index contributed by atoms with van der Waals surface area (Å²) in [6, 6.07) is 12.8. The molecule has 0 aliphatic carbocycles. The molecule has 1 N–H and O–H groups in total. The number of anilines is 1. The zero-order chi connectivity index (χ0) is 21.1. The molecule has 0 radical (unpaired) electrons. The molecule has 0 saturated heterocycles. The highest BCUT2D eigenvalue weighted by molar-refractivity contribution is 6.30. The third-order valence-corrected chi connectivity index (χ3v) is 5.27. The van der Waals surface area contributed by atoms with E-state index < -0.39 is 0 Å². The molecule has 3 aromatic rings. The molecule has 2 heterocycles. The summed E-state index contributed by atoms with van der Waals surface area (Å²) in [7, 11) is 0. The van der Waals surface area contributed by atoms with Gasteiger partial charge in [0.05, 0.1) is 13.0 Å². The minimum atomic E-state index is -0.204. The Morgan fingerprint density at radius 3 is 2.73 bits per heavy atom. The minimum absolute atomic E-state index is 0.0433. The van der Waals surface area contributed by atoms with Crippen LogP contribution in [-0.2, 0) is 28.9 Å². The van der Waals surface area contributed by atoms with Crippen LogP contribution >= 0.6 is 11.6 Å². The summed E-state index contributed by atoms with van der Waals surface area (Å²) in [6.07, 6.45) is 1.63. The zero-order valence-corrected chi connectivity index (χ0v) is 17.3. The van der Waals surface area contributed by atoms with Crippen LogP contribution in [0, 0.1) is 0 Å². The second-order valence-electron chi connectivity index (χ2n) is 7.08. The van der Waals surface area contributed by atoms with E-state index in [4.69, 9.17) is 16.1 Å². The van der Waals surface area contributed by atoms with E-state index in [1.165, 1.54) is 0 Å². The molecule has 0 fully saturated rings. The Kier molecular flexibility index (Phi) is 5.81. The fraction of sp³-hybridized carbons (Fsp3) is 0.273. The minimum Gasteiger partial charge on any atom is -0.347 e. The van der Waals surface area contributed by atoms with Crippen LogP contribution in [0.25, 0.3) is 11.4 Å². The molecule has 154 valence electrons. The number of aromatic nitrogens is 2. The summed E-state index contributed by atoms with van der Waals surface area (Å²) in [5.41, 5.74) is 3.62. The maximum Gasteiger partial charge on any atom is 0.246 e. The van der Waals surface area contributed by atoms with Crippen molar-refractivity contribution in [3.8, 4) is 11.4 Å². The van der Waals surface area contributed by atoms with Crippen molar-refractivity contribution in [1.82, 2.24) is 15.5 Å². The summed E-state index contributed by atoms with van der Waals surface area (Å²) in [5.74, 6) is 0.800. The number of carbonyl (C=O) groups excluding carboxylic acids is 2. The number of benzene rings is 2. The van der Waals surface area contributed by atoms with Gasteiger partial charge in [0.25, 0.3) is 0 Å². The highest BCUT2D eigenvalue weighted by Gasteiger charge is 2.25. The Morgan fingerprint density at radius 1 is 1.20 bits per heavy atom. The lowest BCUT2D eigenvalue weighted by atomic mass is 10.1. The lowest BCUT2D eigenvalue weighted by molar-refractivity contribution is -0.124. The van der Waals surface area contributed by atoms with Crippen molar-refractivity contribution >= 4 is 29.1 Å². The number of nitrogens with zero attached hydrogens (tertiary/aromatic N) is 3. The number of fused-ring (bicyclic) bond motifs is 1. The number of nitrogens with one attached hydrogen (secondary N) is 1. The molecule has 0 unspecified atom stereocenters. The van der Waals surface area contributed by atoms with Gasteiger partial charge in [0.1, 0.15) is 0 Å². The first-order chi connectivity index (χ1) is 14.5.